The van der Waals surface area contributed by atoms with Gasteiger partial charge in [-0.15, -0.1) is 0 Å². The first-order valence-corrected chi connectivity index (χ1v) is 8.64. The van der Waals surface area contributed by atoms with E-state index in [9.17, 15) is 4.79 Å². The summed E-state index contributed by atoms with van der Waals surface area (Å²) in [6.45, 7) is 3.59. The fourth-order valence-electron chi connectivity index (χ4n) is 2.38. The Morgan fingerprint density at radius 2 is 1.70 bits per heavy atom. The molecule has 0 saturated carbocycles. The van der Waals surface area contributed by atoms with E-state index >= 15 is 0 Å². The molecule has 0 fully saturated rings. The molecule has 0 atom stereocenters. The third-order valence-corrected chi connectivity index (χ3v) is 3.73. The largest absolute Gasteiger partial charge is 0.482 e. The Hall–Kier alpha value is -3.12. The van der Waals surface area contributed by atoms with Crippen molar-refractivity contribution in [3.63, 3.8) is 0 Å². The van der Waals surface area contributed by atoms with E-state index in [4.69, 9.17) is 21.1 Å². The van der Waals surface area contributed by atoms with Crippen LogP contribution >= 0.6 is 11.6 Å². The number of aryl methyl sites for hydroxylation is 2. The molecule has 0 aliphatic carbocycles. The Morgan fingerprint density at radius 3 is 2.41 bits per heavy atom. The molecule has 0 radical (unpaired) electrons. The minimum Gasteiger partial charge on any atom is -0.482 e. The van der Waals surface area contributed by atoms with Crippen LogP contribution in [0.25, 0.3) is 0 Å². The molecule has 0 bridgehead atoms. The third-order valence-electron chi connectivity index (χ3n) is 3.47. The van der Waals surface area contributed by atoms with Crippen LogP contribution in [0.3, 0.4) is 0 Å². The SMILES string of the molecule is Cc1cc(C)nc(Nc2cccc(OC(=O)COc3ccc(Cl)cc3)c2)n1. The number of anilines is 2. The molecule has 0 spiro atoms. The second-order valence-electron chi connectivity index (χ2n) is 5.84. The number of carbonyl (C=O) groups is 1. The molecule has 27 heavy (non-hydrogen) atoms. The molecule has 3 rings (SSSR count). The molecule has 3 aromatic rings. The maximum Gasteiger partial charge on any atom is 0.349 e. The molecule has 0 saturated heterocycles. The lowest BCUT2D eigenvalue weighted by atomic mass is 10.3. The van der Waals surface area contributed by atoms with Crippen LogP contribution in [-0.2, 0) is 4.79 Å². The number of hydrogen-bond acceptors (Lipinski definition) is 6. The molecule has 138 valence electrons. The van der Waals surface area contributed by atoms with E-state index in [-0.39, 0.29) is 6.61 Å². The number of hydrogen-bond donors (Lipinski definition) is 1. The van der Waals surface area contributed by atoms with E-state index in [1.165, 1.54) is 0 Å². The second-order valence-corrected chi connectivity index (χ2v) is 6.28. The van der Waals surface area contributed by atoms with Crippen LogP contribution in [-0.4, -0.2) is 22.5 Å². The zero-order chi connectivity index (χ0) is 19.2. The molecule has 2 aromatic carbocycles. The summed E-state index contributed by atoms with van der Waals surface area (Å²) in [5.74, 6) is 0.916. The van der Waals surface area contributed by atoms with Crippen molar-refractivity contribution < 1.29 is 14.3 Å². The van der Waals surface area contributed by atoms with Gasteiger partial charge in [0.15, 0.2) is 6.61 Å². The van der Waals surface area contributed by atoms with Gasteiger partial charge in [0.1, 0.15) is 11.5 Å². The summed E-state index contributed by atoms with van der Waals surface area (Å²) < 4.78 is 10.7. The Labute approximate surface area is 162 Å². The van der Waals surface area contributed by atoms with E-state index in [1.54, 1.807) is 42.5 Å². The van der Waals surface area contributed by atoms with Crippen molar-refractivity contribution in [2.45, 2.75) is 13.8 Å². The minimum absolute atomic E-state index is 0.209. The van der Waals surface area contributed by atoms with E-state index in [0.29, 0.717) is 28.2 Å². The maximum absolute atomic E-state index is 12.0. The van der Waals surface area contributed by atoms with Gasteiger partial charge in [-0.1, -0.05) is 17.7 Å². The molecule has 1 aromatic heterocycles. The van der Waals surface area contributed by atoms with Gasteiger partial charge in [-0.2, -0.15) is 0 Å². The Morgan fingerprint density at radius 1 is 1.00 bits per heavy atom. The van der Waals surface area contributed by atoms with Crippen molar-refractivity contribution >= 4 is 29.2 Å². The molecule has 7 heteroatoms. The highest BCUT2D eigenvalue weighted by atomic mass is 35.5. The van der Waals surface area contributed by atoms with Crippen molar-refractivity contribution in [3.8, 4) is 11.5 Å². The number of benzene rings is 2. The lowest BCUT2D eigenvalue weighted by Gasteiger charge is -2.09. The summed E-state index contributed by atoms with van der Waals surface area (Å²) in [6.07, 6.45) is 0. The number of esters is 1. The molecule has 0 unspecified atom stereocenters. The second kappa shape index (κ2) is 8.51. The van der Waals surface area contributed by atoms with Crippen LogP contribution in [0.5, 0.6) is 11.5 Å². The number of ether oxygens (including phenoxy) is 2. The normalized spacial score (nSPS) is 10.3. The summed E-state index contributed by atoms with van der Waals surface area (Å²) in [7, 11) is 0. The monoisotopic (exact) mass is 383 g/mol. The zero-order valence-corrected chi connectivity index (χ0v) is 15.7. The molecule has 0 amide bonds. The predicted molar refractivity (Wildman–Crippen MR) is 104 cm³/mol. The number of aromatic nitrogens is 2. The molecule has 1 heterocycles. The fourth-order valence-corrected chi connectivity index (χ4v) is 2.51. The van der Waals surface area contributed by atoms with Gasteiger partial charge in [-0.3, -0.25) is 0 Å². The van der Waals surface area contributed by atoms with Gasteiger partial charge in [-0.05, 0) is 56.3 Å². The molecular formula is C20H18ClN3O3. The van der Waals surface area contributed by atoms with Gasteiger partial charge in [0.05, 0.1) is 0 Å². The first-order valence-electron chi connectivity index (χ1n) is 8.26. The van der Waals surface area contributed by atoms with Gasteiger partial charge in [0, 0.05) is 28.2 Å². The fraction of sp³-hybridized carbons (Fsp3) is 0.150. The van der Waals surface area contributed by atoms with Crippen molar-refractivity contribution in [3.05, 3.63) is 71.0 Å². The smallest absolute Gasteiger partial charge is 0.349 e. The summed E-state index contributed by atoms with van der Waals surface area (Å²) in [6, 6.07) is 15.6. The lowest BCUT2D eigenvalue weighted by Crippen LogP contribution is -2.17. The Bertz CT molecular complexity index is 925. The van der Waals surface area contributed by atoms with E-state index < -0.39 is 5.97 Å². The van der Waals surface area contributed by atoms with Crippen LogP contribution in [0, 0.1) is 13.8 Å². The molecule has 6 nitrogen and oxygen atoms in total. The highest BCUT2D eigenvalue weighted by molar-refractivity contribution is 6.30. The van der Waals surface area contributed by atoms with Gasteiger partial charge < -0.3 is 14.8 Å². The van der Waals surface area contributed by atoms with Crippen molar-refractivity contribution in [2.24, 2.45) is 0 Å². The average Bonchev–Trinajstić information content (AvgIpc) is 2.61. The average molecular weight is 384 g/mol. The maximum atomic E-state index is 12.0. The number of halogens is 1. The zero-order valence-electron chi connectivity index (χ0n) is 14.9. The topological polar surface area (TPSA) is 73.3 Å². The minimum atomic E-state index is -0.509. The summed E-state index contributed by atoms with van der Waals surface area (Å²) in [5, 5.41) is 3.70. The first-order chi connectivity index (χ1) is 13.0. The van der Waals surface area contributed by atoms with Crippen LogP contribution in [0.1, 0.15) is 11.4 Å². The number of carbonyl (C=O) groups excluding carboxylic acids is 1. The van der Waals surface area contributed by atoms with Crippen LogP contribution < -0.4 is 14.8 Å². The summed E-state index contributed by atoms with van der Waals surface area (Å²) in [4.78, 5) is 20.7. The molecule has 0 aliphatic heterocycles. The highest BCUT2D eigenvalue weighted by Crippen LogP contribution is 2.21. The van der Waals surface area contributed by atoms with Gasteiger partial charge >= 0.3 is 5.97 Å². The predicted octanol–water partition coefficient (Wildman–Crippen LogP) is 4.47. The van der Waals surface area contributed by atoms with Gasteiger partial charge in [0.25, 0.3) is 0 Å². The van der Waals surface area contributed by atoms with Crippen LogP contribution in [0.2, 0.25) is 5.02 Å². The lowest BCUT2D eigenvalue weighted by molar-refractivity contribution is -0.136. The molecular weight excluding hydrogens is 366 g/mol. The first kappa shape index (κ1) is 18.7. The molecule has 1 N–H and O–H groups in total. The number of rotatable bonds is 6. The van der Waals surface area contributed by atoms with Crippen LogP contribution in [0.15, 0.2) is 54.6 Å². The van der Waals surface area contributed by atoms with E-state index in [2.05, 4.69) is 15.3 Å². The number of nitrogens with one attached hydrogen (secondary N) is 1. The summed E-state index contributed by atoms with van der Waals surface area (Å²) in [5.41, 5.74) is 2.45. The van der Waals surface area contributed by atoms with Crippen molar-refractivity contribution in [1.82, 2.24) is 9.97 Å². The Kier molecular flexibility index (Phi) is 5.88. The van der Waals surface area contributed by atoms with E-state index in [1.807, 2.05) is 26.0 Å². The van der Waals surface area contributed by atoms with Crippen molar-refractivity contribution in [2.75, 3.05) is 11.9 Å². The highest BCUT2D eigenvalue weighted by Gasteiger charge is 2.08. The molecule has 0 aliphatic rings. The third kappa shape index (κ3) is 5.69. The van der Waals surface area contributed by atoms with Crippen LogP contribution in [0.4, 0.5) is 11.6 Å². The Balaban J connectivity index is 1.59. The van der Waals surface area contributed by atoms with Gasteiger partial charge in [-0.25, -0.2) is 14.8 Å². The standard InChI is InChI=1S/C20H18ClN3O3/c1-13-10-14(2)23-20(22-13)24-16-4-3-5-18(11-16)27-19(25)12-26-17-8-6-15(21)7-9-17/h3-11H,12H2,1-2H3,(H,22,23,24). The van der Waals surface area contributed by atoms with E-state index in [0.717, 1.165) is 11.4 Å². The summed E-state index contributed by atoms with van der Waals surface area (Å²) >= 11 is 5.81. The quantitative estimate of drug-likeness (QED) is 0.500. The number of nitrogens with zero attached hydrogens (tertiary/aromatic N) is 2. The van der Waals surface area contributed by atoms with Gasteiger partial charge in [0.2, 0.25) is 5.95 Å². The van der Waals surface area contributed by atoms with Crippen molar-refractivity contribution in [1.29, 1.82) is 0 Å².